The van der Waals surface area contributed by atoms with E-state index < -0.39 is 0 Å². The number of halogens is 2. The van der Waals surface area contributed by atoms with Crippen LogP contribution in [-0.2, 0) is 4.79 Å². The van der Waals surface area contributed by atoms with E-state index in [1.165, 1.54) is 13.1 Å². The number of Topliss-reactive ketones (excluding diaryl/α,β-unsaturated/α-hetero) is 1. The van der Waals surface area contributed by atoms with Gasteiger partial charge in [-0.25, -0.2) is 4.98 Å². The summed E-state index contributed by atoms with van der Waals surface area (Å²) in [6.07, 6.45) is 3.12. The Hall–Kier alpha value is -1.99. The predicted octanol–water partition coefficient (Wildman–Crippen LogP) is 4.01. The van der Waals surface area contributed by atoms with E-state index in [0.29, 0.717) is 37.0 Å². The number of hydrogen-bond acceptors (Lipinski definition) is 4. The summed E-state index contributed by atoms with van der Waals surface area (Å²) in [5.74, 6) is 0.120. The molecule has 23 heavy (non-hydrogen) atoms. The molecule has 1 aliphatic heterocycles. The van der Waals surface area contributed by atoms with Crippen molar-refractivity contribution in [3.8, 4) is 5.75 Å². The number of benzene rings is 1. The fraction of sp³-hybridized carbons (Fsp3) is 0.0625. The minimum Gasteiger partial charge on any atom is -0.506 e. The summed E-state index contributed by atoms with van der Waals surface area (Å²) < 4.78 is 1.01. The molecular formula is C16H10Br2N2O3. The third-order valence-electron chi connectivity index (χ3n) is 3.41. The molecule has 7 heteroatoms. The van der Waals surface area contributed by atoms with E-state index in [1.807, 2.05) is 0 Å². The lowest BCUT2D eigenvalue weighted by Crippen LogP contribution is -2.04. The number of pyridine rings is 1. The predicted molar refractivity (Wildman–Crippen MR) is 94.2 cm³/mol. The van der Waals surface area contributed by atoms with E-state index in [1.54, 1.807) is 24.3 Å². The number of nitrogens with zero attached hydrogens (tertiary/aromatic N) is 1. The number of phenolic OH excluding ortho intramolecular Hbond substituents is 1. The Kier molecular flexibility index (Phi) is 4.08. The Labute approximate surface area is 148 Å². The fourth-order valence-electron chi connectivity index (χ4n) is 2.24. The quantitative estimate of drug-likeness (QED) is 0.549. The first-order valence-corrected chi connectivity index (χ1v) is 8.18. The van der Waals surface area contributed by atoms with Crippen molar-refractivity contribution in [2.24, 2.45) is 0 Å². The average molecular weight is 438 g/mol. The van der Waals surface area contributed by atoms with Crippen LogP contribution in [0.5, 0.6) is 5.75 Å². The molecule has 0 bridgehead atoms. The lowest BCUT2D eigenvalue weighted by Gasteiger charge is -2.04. The minimum absolute atomic E-state index is 0.0870. The second-order valence-corrected chi connectivity index (χ2v) is 6.73. The maximum atomic E-state index is 12.2. The minimum atomic E-state index is -0.284. The van der Waals surface area contributed by atoms with Gasteiger partial charge >= 0.3 is 0 Å². The molecule has 1 aromatic heterocycles. The summed E-state index contributed by atoms with van der Waals surface area (Å²) in [6.45, 7) is 1.45. The van der Waals surface area contributed by atoms with E-state index in [9.17, 15) is 14.7 Å². The van der Waals surface area contributed by atoms with Crippen LogP contribution in [0.3, 0.4) is 0 Å². The van der Waals surface area contributed by atoms with Gasteiger partial charge in [0.05, 0.1) is 14.5 Å². The van der Waals surface area contributed by atoms with Gasteiger partial charge in [0.25, 0.3) is 5.91 Å². The van der Waals surface area contributed by atoms with Crippen LogP contribution in [0, 0.1) is 0 Å². The molecule has 0 unspecified atom stereocenters. The van der Waals surface area contributed by atoms with Crippen molar-refractivity contribution in [2.45, 2.75) is 6.92 Å². The molecule has 0 radical (unpaired) electrons. The number of ketones is 1. The Morgan fingerprint density at radius 2 is 1.91 bits per heavy atom. The number of amides is 1. The van der Waals surface area contributed by atoms with Gasteiger partial charge in [-0.05, 0) is 68.6 Å². The molecule has 0 saturated heterocycles. The first-order chi connectivity index (χ1) is 10.9. The molecule has 1 aliphatic rings. The van der Waals surface area contributed by atoms with Crippen LogP contribution in [0.25, 0.3) is 11.6 Å². The molecule has 0 fully saturated rings. The zero-order chi connectivity index (χ0) is 16.7. The third-order valence-corrected chi connectivity index (χ3v) is 4.62. The lowest BCUT2D eigenvalue weighted by molar-refractivity contribution is -0.110. The summed E-state index contributed by atoms with van der Waals surface area (Å²) in [5.41, 5.74) is 2.16. The van der Waals surface area contributed by atoms with Gasteiger partial charge in [-0.15, -0.1) is 0 Å². The second-order valence-electron chi connectivity index (χ2n) is 5.02. The molecule has 0 spiro atoms. The number of aromatic nitrogens is 1. The van der Waals surface area contributed by atoms with Crippen molar-refractivity contribution in [3.05, 3.63) is 50.0 Å². The maximum Gasteiger partial charge on any atom is 0.257 e. The van der Waals surface area contributed by atoms with Gasteiger partial charge in [0.15, 0.2) is 5.78 Å². The normalized spacial score (nSPS) is 14.7. The summed E-state index contributed by atoms with van der Waals surface area (Å²) >= 11 is 6.51. The topological polar surface area (TPSA) is 79.3 Å². The molecule has 1 aromatic carbocycles. The van der Waals surface area contributed by atoms with Crippen LogP contribution in [0.4, 0.5) is 5.82 Å². The van der Waals surface area contributed by atoms with E-state index >= 15 is 0 Å². The lowest BCUT2D eigenvalue weighted by atomic mass is 10.0. The number of aromatic hydroxyl groups is 1. The molecule has 116 valence electrons. The highest BCUT2D eigenvalue weighted by atomic mass is 79.9. The number of fused-ring (bicyclic) bond motifs is 1. The molecule has 2 N–H and O–H groups in total. The summed E-state index contributed by atoms with van der Waals surface area (Å²) in [6, 6.07) is 5.04. The highest BCUT2D eigenvalue weighted by molar-refractivity contribution is 9.11. The number of anilines is 1. The molecule has 3 rings (SSSR count). The summed E-state index contributed by atoms with van der Waals surface area (Å²) in [5, 5.41) is 12.4. The van der Waals surface area contributed by atoms with Gasteiger partial charge in [0.2, 0.25) is 0 Å². The summed E-state index contributed by atoms with van der Waals surface area (Å²) in [4.78, 5) is 27.8. The largest absolute Gasteiger partial charge is 0.506 e. The van der Waals surface area contributed by atoms with E-state index in [2.05, 4.69) is 42.2 Å². The molecule has 0 saturated carbocycles. The van der Waals surface area contributed by atoms with Gasteiger partial charge in [-0.2, -0.15) is 0 Å². The standard InChI is InChI=1S/C16H10Br2N2O3/c1-7(21)9-5-10-11(16(23)20-15(10)19-6-9)2-8-3-12(17)14(22)13(18)4-8/h2-6,22H,1H3,(H,19,20,23). The van der Waals surface area contributed by atoms with Gasteiger partial charge in [0.1, 0.15) is 11.6 Å². The first-order valence-electron chi connectivity index (χ1n) is 6.59. The molecular weight excluding hydrogens is 428 g/mol. The average Bonchev–Trinajstić information content (AvgIpc) is 2.80. The van der Waals surface area contributed by atoms with Crippen molar-refractivity contribution in [1.29, 1.82) is 0 Å². The Morgan fingerprint density at radius 3 is 2.52 bits per heavy atom. The fourth-order valence-corrected chi connectivity index (χ4v) is 3.46. The van der Waals surface area contributed by atoms with Gasteiger partial charge in [-0.1, -0.05) is 0 Å². The van der Waals surface area contributed by atoms with Crippen LogP contribution in [0.15, 0.2) is 33.3 Å². The number of nitrogens with one attached hydrogen (secondary N) is 1. The van der Waals surface area contributed by atoms with Crippen molar-refractivity contribution < 1.29 is 14.7 Å². The smallest absolute Gasteiger partial charge is 0.257 e. The number of carbonyl (C=O) groups excluding carboxylic acids is 2. The number of phenols is 1. The number of carbonyl (C=O) groups is 2. The van der Waals surface area contributed by atoms with Crippen molar-refractivity contribution >= 4 is 61.0 Å². The van der Waals surface area contributed by atoms with E-state index in [-0.39, 0.29) is 17.4 Å². The van der Waals surface area contributed by atoms with Crippen molar-refractivity contribution in [1.82, 2.24) is 4.98 Å². The Balaban J connectivity index is 2.13. The van der Waals surface area contributed by atoms with Crippen LogP contribution in [0.1, 0.15) is 28.4 Å². The van der Waals surface area contributed by atoms with E-state index in [0.717, 1.165) is 0 Å². The van der Waals surface area contributed by atoms with Crippen molar-refractivity contribution in [3.63, 3.8) is 0 Å². The molecule has 2 aromatic rings. The molecule has 1 amide bonds. The Bertz CT molecular complexity index is 868. The van der Waals surface area contributed by atoms with E-state index in [4.69, 9.17) is 0 Å². The number of rotatable bonds is 2. The first kappa shape index (κ1) is 15.9. The molecule has 5 nitrogen and oxygen atoms in total. The monoisotopic (exact) mass is 436 g/mol. The number of hydrogen-bond donors (Lipinski definition) is 2. The summed E-state index contributed by atoms with van der Waals surface area (Å²) in [7, 11) is 0. The van der Waals surface area contributed by atoms with Crippen LogP contribution < -0.4 is 5.32 Å². The third kappa shape index (κ3) is 2.94. The highest BCUT2D eigenvalue weighted by Crippen LogP contribution is 2.36. The van der Waals surface area contributed by atoms with Crippen molar-refractivity contribution in [2.75, 3.05) is 5.32 Å². The molecule has 2 heterocycles. The van der Waals surface area contributed by atoms with Gasteiger partial charge in [0, 0.05) is 17.3 Å². The molecule has 0 aliphatic carbocycles. The van der Waals surface area contributed by atoms with Crippen LogP contribution >= 0.6 is 31.9 Å². The zero-order valence-corrected chi connectivity index (χ0v) is 15.0. The second kappa shape index (κ2) is 5.90. The highest BCUT2D eigenvalue weighted by Gasteiger charge is 2.26. The van der Waals surface area contributed by atoms with Gasteiger partial charge < -0.3 is 10.4 Å². The SMILES string of the molecule is CC(=O)c1cnc2c(c1)C(=Cc1cc(Br)c(O)c(Br)c1)C(=O)N2. The molecule has 0 atom stereocenters. The Morgan fingerprint density at radius 1 is 1.26 bits per heavy atom. The maximum absolute atomic E-state index is 12.2. The van der Waals surface area contributed by atoms with Gasteiger partial charge in [-0.3, -0.25) is 9.59 Å². The van der Waals surface area contributed by atoms with Crippen LogP contribution in [0.2, 0.25) is 0 Å². The zero-order valence-electron chi connectivity index (χ0n) is 11.9. The van der Waals surface area contributed by atoms with Crippen LogP contribution in [-0.4, -0.2) is 21.8 Å².